The number of rotatable bonds is 4. The molecule has 1 saturated heterocycles. The smallest absolute Gasteiger partial charge is 0.229 e. The number of piperazine rings is 1. The van der Waals surface area contributed by atoms with Crippen LogP contribution in [-0.2, 0) is 7.05 Å². The highest BCUT2D eigenvalue weighted by atomic mass is 16.1. The highest BCUT2D eigenvalue weighted by Crippen LogP contribution is 2.22. The summed E-state index contributed by atoms with van der Waals surface area (Å²) in [6.07, 6.45) is 3.44. The van der Waals surface area contributed by atoms with Crippen molar-refractivity contribution in [3.63, 3.8) is 0 Å². The molecule has 1 aliphatic rings. The fraction of sp³-hybridized carbons (Fsp3) is 0.240. The number of anilines is 3. The average molecular weight is 427 g/mol. The second-order valence-electron chi connectivity index (χ2n) is 8.24. The maximum Gasteiger partial charge on any atom is 0.229 e. The lowest BCUT2D eigenvalue weighted by Gasteiger charge is -2.34. The van der Waals surface area contributed by atoms with Gasteiger partial charge in [0, 0.05) is 62.6 Å². The molecule has 5 rings (SSSR count). The van der Waals surface area contributed by atoms with Gasteiger partial charge in [-0.05, 0) is 36.9 Å². The predicted octanol–water partition coefficient (Wildman–Crippen LogP) is 3.49. The molecule has 0 spiro atoms. The SMILES string of the molecule is CN1CCN(c2ccc(Nc3ncc4c(=O)c(-c5ccccc5)cn(C)c4n3)cc2)CC1. The quantitative estimate of drug-likeness (QED) is 0.539. The zero-order chi connectivity index (χ0) is 22.1. The highest BCUT2D eigenvalue weighted by molar-refractivity contribution is 5.81. The van der Waals surface area contributed by atoms with E-state index in [1.807, 2.05) is 60.3 Å². The normalized spacial score (nSPS) is 14.6. The third-order valence-corrected chi connectivity index (χ3v) is 5.99. The van der Waals surface area contributed by atoms with Crippen LogP contribution in [0.3, 0.4) is 0 Å². The van der Waals surface area contributed by atoms with Gasteiger partial charge in [0.05, 0.1) is 5.39 Å². The van der Waals surface area contributed by atoms with Gasteiger partial charge in [0.2, 0.25) is 5.95 Å². The van der Waals surface area contributed by atoms with Crippen LogP contribution in [0.5, 0.6) is 0 Å². The number of aryl methyl sites for hydroxylation is 1. The molecular formula is C25H26N6O. The van der Waals surface area contributed by atoms with E-state index in [1.54, 1.807) is 6.20 Å². The molecule has 0 atom stereocenters. The van der Waals surface area contributed by atoms with Gasteiger partial charge in [0.15, 0.2) is 5.43 Å². The second kappa shape index (κ2) is 8.43. The number of benzene rings is 2. The van der Waals surface area contributed by atoms with E-state index >= 15 is 0 Å². The van der Waals surface area contributed by atoms with Crippen molar-refractivity contribution >= 4 is 28.4 Å². The molecule has 4 aromatic rings. The van der Waals surface area contributed by atoms with Crippen molar-refractivity contribution in [3.05, 3.63) is 77.2 Å². The Morgan fingerprint density at radius 3 is 2.34 bits per heavy atom. The fourth-order valence-corrected chi connectivity index (χ4v) is 4.09. The molecule has 2 aromatic carbocycles. The Kier molecular flexibility index (Phi) is 5.33. The number of hydrogen-bond donors (Lipinski definition) is 1. The van der Waals surface area contributed by atoms with E-state index in [4.69, 9.17) is 0 Å². The molecule has 0 bridgehead atoms. The lowest BCUT2D eigenvalue weighted by Crippen LogP contribution is -2.44. The molecule has 1 aliphatic heterocycles. The van der Waals surface area contributed by atoms with Crippen LogP contribution in [0.15, 0.2) is 71.8 Å². The molecule has 7 heteroatoms. The first kappa shape index (κ1) is 20.2. The van der Waals surface area contributed by atoms with Gasteiger partial charge in [-0.25, -0.2) is 4.98 Å². The Balaban J connectivity index is 1.39. The summed E-state index contributed by atoms with van der Waals surface area (Å²) >= 11 is 0. The summed E-state index contributed by atoms with van der Waals surface area (Å²) in [7, 11) is 4.06. The zero-order valence-corrected chi connectivity index (χ0v) is 18.3. The summed E-state index contributed by atoms with van der Waals surface area (Å²) in [6, 6.07) is 18.0. The molecule has 32 heavy (non-hydrogen) atoms. The van der Waals surface area contributed by atoms with Gasteiger partial charge in [-0.1, -0.05) is 30.3 Å². The highest BCUT2D eigenvalue weighted by Gasteiger charge is 2.15. The van der Waals surface area contributed by atoms with Crippen molar-refractivity contribution in [1.29, 1.82) is 0 Å². The van der Waals surface area contributed by atoms with E-state index in [1.165, 1.54) is 5.69 Å². The Bertz CT molecular complexity index is 1290. The molecule has 2 aromatic heterocycles. The van der Waals surface area contributed by atoms with Gasteiger partial charge in [0.1, 0.15) is 5.65 Å². The zero-order valence-electron chi connectivity index (χ0n) is 18.3. The molecule has 0 amide bonds. The summed E-state index contributed by atoms with van der Waals surface area (Å²) in [5.41, 5.74) is 4.20. The summed E-state index contributed by atoms with van der Waals surface area (Å²) in [5.74, 6) is 0.465. The molecule has 0 aliphatic carbocycles. The van der Waals surface area contributed by atoms with E-state index in [0.29, 0.717) is 22.5 Å². The third-order valence-electron chi connectivity index (χ3n) is 5.99. The topological polar surface area (TPSA) is 66.3 Å². The Morgan fingerprint density at radius 2 is 1.62 bits per heavy atom. The van der Waals surface area contributed by atoms with Crippen molar-refractivity contribution in [3.8, 4) is 11.1 Å². The van der Waals surface area contributed by atoms with Gasteiger partial charge in [-0.15, -0.1) is 0 Å². The van der Waals surface area contributed by atoms with Crippen LogP contribution >= 0.6 is 0 Å². The standard InChI is InChI=1S/C25H26N6O/c1-29-12-14-31(15-13-29)20-10-8-19(9-11-20)27-25-26-16-21-23(32)22(17-30(2)24(21)28-25)18-6-4-3-5-7-18/h3-11,16-17H,12-15H2,1-2H3,(H,26,27,28). The monoisotopic (exact) mass is 426 g/mol. The summed E-state index contributed by atoms with van der Waals surface area (Å²) < 4.78 is 1.88. The van der Waals surface area contributed by atoms with E-state index in [2.05, 4.69) is 44.3 Å². The maximum absolute atomic E-state index is 13.0. The van der Waals surface area contributed by atoms with Gasteiger partial charge < -0.3 is 19.7 Å². The average Bonchev–Trinajstić information content (AvgIpc) is 2.83. The predicted molar refractivity (Wildman–Crippen MR) is 130 cm³/mol. The first-order chi connectivity index (χ1) is 15.6. The van der Waals surface area contributed by atoms with Crippen LogP contribution in [0.2, 0.25) is 0 Å². The summed E-state index contributed by atoms with van der Waals surface area (Å²) in [6.45, 7) is 4.23. The largest absolute Gasteiger partial charge is 0.369 e. The minimum atomic E-state index is -0.0626. The Labute approximate surface area is 187 Å². The lowest BCUT2D eigenvalue weighted by molar-refractivity contribution is 0.313. The van der Waals surface area contributed by atoms with Gasteiger partial charge in [0.25, 0.3) is 0 Å². The van der Waals surface area contributed by atoms with Crippen LogP contribution in [0.1, 0.15) is 0 Å². The molecule has 162 valence electrons. The number of fused-ring (bicyclic) bond motifs is 1. The third kappa shape index (κ3) is 3.94. The number of hydrogen-bond acceptors (Lipinski definition) is 6. The number of nitrogens with one attached hydrogen (secondary N) is 1. The minimum absolute atomic E-state index is 0.0626. The maximum atomic E-state index is 13.0. The van der Waals surface area contributed by atoms with Gasteiger partial charge in [-0.3, -0.25) is 4.79 Å². The second-order valence-corrected chi connectivity index (χ2v) is 8.24. The van der Waals surface area contributed by atoms with Crippen LogP contribution in [-0.4, -0.2) is 52.7 Å². The number of pyridine rings is 1. The van der Waals surface area contributed by atoms with Crippen LogP contribution in [0, 0.1) is 0 Å². The van der Waals surface area contributed by atoms with Crippen molar-refractivity contribution in [1.82, 2.24) is 19.4 Å². The van der Waals surface area contributed by atoms with Crippen LogP contribution < -0.4 is 15.6 Å². The number of likely N-dealkylation sites (N-methyl/N-ethyl adjacent to an activating group) is 1. The first-order valence-corrected chi connectivity index (χ1v) is 10.8. The van der Waals surface area contributed by atoms with Crippen LogP contribution in [0.4, 0.5) is 17.3 Å². The molecule has 0 radical (unpaired) electrons. The van der Waals surface area contributed by atoms with Crippen molar-refractivity contribution < 1.29 is 0 Å². The van der Waals surface area contributed by atoms with Crippen molar-refractivity contribution in [2.75, 3.05) is 43.4 Å². The molecular weight excluding hydrogens is 400 g/mol. The number of aromatic nitrogens is 3. The van der Waals surface area contributed by atoms with E-state index in [9.17, 15) is 4.79 Å². The minimum Gasteiger partial charge on any atom is -0.369 e. The molecule has 0 saturated carbocycles. The van der Waals surface area contributed by atoms with Crippen molar-refractivity contribution in [2.45, 2.75) is 0 Å². The van der Waals surface area contributed by atoms with Gasteiger partial charge >= 0.3 is 0 Å². The molecule has 1 fully saturated rings. The van der Waals surface area contributed by atoms with E-state index in [-0.39, 0.29) is 5.43 Å². The molecule has 1 N–H and O–H groups in total. The molecule has 0 unspecified atom stereocenters. The number of nitrogens with zero attached hydrogens (tertiary/aromatic N) is 5. The first-order valence-electron chi connectivity index (χ1n) is 10.8. The molecule has 7 nitrogen and oxygen atoms in total. The summed E-state index contributed by atoms with van der Waals surface area (Å²) in [5, 5.41) is 3.77. The van der Waals surface area contributed by atoms with E-state index < -0.39 is 0 Å². The Hall–Kier alpha value is -3.71. The fourth-order valence-electron chi connectivity index (χ4n) is 4.09. The molecule has 3 heterocycles. The van der Waals surface area contributed by atoms with Crippen molar-refractivity contribution in [2.24, 2.45) is 7.05 Å². The van der Waals surface area contributed by atoms with E-state index in [0.717, 1.165) is 37.4 Å². The Morgan fingerprint density at radius 1 is 0.906 bits per heavy atom. The van der Waals surface area contributed by atoms with Gasteiger partial charge in [-0.2, -0.15) is 4.98 Å². The van der Waals surface area contributed by atoms with Crippen LogP contribution in [0.25, 0.3) is 22.2 Å². The summed E-state index contributed by atoms with van der Waals surface area (Å²) in [4.78, 5) is 26.8. The lowest BCUT2D eigenvalue weighted by atomic mass is 10.1.